The van der Waals surface area contributed by atoms with E-state index in [-0.39, 0.29) is 6.04 Å². The number of H-pyrrole nitrogens is 1. The highest BCUT2D eigenvalue weighted by atomic mass is 79.9. The fourth-order valence-corrected chi connectivity index (χ4v) is 4.57. The van der Waals surface area contributed by atoms with Gasteiger partial charge in [-0.15, -0.1) is 0 Å². The Bertz CT molecular complexity index is 780. The lowest BCUT2D eigenvalue weighted by Crippen LogP contribution is -2.50. The molecule has 2 aliphatic rings. The highest BCUT2D eigenvalue weighted by Crippen LogP contribution is 2.52. The van der Waals surface area contributed by atoms with E-state index in [1.807, 2.05) is 0 Å². The first-order valence-corrected chi connectivity index (χ1v) is 9.08. The van der Waals surface area contributed by atoms with Crippen molar-refractivity contribution in [3.63, 3.8) is 0 Å². The minimum Gasteiger partial charge on any atom is -0.481 e. The second-order valence-corrected chi connectivity index (χ2v) is 7.99. The van der Waals surface area contributed by atoms with Gasteiger partial charge in [0.2, 0.25) is 0 Å². The monoisotopic (exact) mass is 426 g/mol. The number of carboxylic acids is 1. The molecule has 1 aliphatic carbocycles. The molecule has 1 aromatic carbocycles. The molecule has 0 amide bonds. The van der Waals surface area contributed by atoms with Crippen molar-refractivity contribution in [2.75, 3.05) is 6.54 Å². The molecular weight excluding hydrogens is 412 g/mol. The van der Waals surface area contributed by atoms with E-state index < -0.39 is 11.4 Å². The highest BCUT2D eigenvalue weighted by Gasteiger charge is 2.52. The summed E-state index contributed by atoms with van der Waals surface area (Å²) in [6.45, 7) is 0.827. The van der Waals surface area contributed by atoms with Crippen LogP contribution in [0.1, 0.15) is 36.6 Å². The van der Waals surface area contributed by atoms with Gasteiger partial charge in [0.15, 0.2) is 0 Å². The van der Waals surface area contributed by atoms with Crippen molar-refractivity contribution in [2.45, 2.75) is 31.7 Å². The van der Waals surface area contributed by atoms with E-state index in [1.165, 1.54) is 10.9 Å². The Morgan fingerprint density at radius 3 is 2.64 bits per heavy atom. The van der Waals surface area contributed by atoms with Gasteiger partial charge in [-0.3, -0.25) is 4.79 Å². The molecule has 22 heavy (non-hydrogen) atoms. The van der Waals surface area contributed by atoms with Crippen molar-refractivity contribution >= 4 is 48.7 Å². The Labute approximate surface area is 144 Å². The third-order valence-electron chi connectivity index (χ3n) is 5.22. The molecule has 4 nitrogen and oxygen atoms in total. The fraction of sp³-hybridized carbons (Fsp3) is 0.438. The lowest BCUT2D eigenvalue weighted by atomic mass is 9.62. The largest absolute Gasteiger partial charge is 0.481 e. The van der Waals surface area contributed by atoms with Gasteiger partial charge in [0.25, 0.3) is 0 Å². The highest BCUT2D eigenvalue weighted by molar-refractivity contribution is 9.13. The number of hydrogen-bond acceptors (Lipinski definition) is 2. The topological polar surface area (TPSA) is 65.1 Å². The summed E-state index contributed by atoms with van der Waals surface area (Å²) < 4.78 is 2.02. The SMILES string of the molecule is O=C(O)C1(C2NCCc3c2[nH]c2cc(Br)c(Br)cc32)CCC1. The van der Waals surface area contributed by atoms with Crippen LogP contribution in [0, 0.1) is 5.41 Å². The van der Waals surface area contributed by atoms with Crippen LogP contribution >= 0.6 is 31.9 Å². The number of rotatable bonds is 2. The molecule has 1 aliphatic heterocycles. The Morgan fingerprint density at radius 2 is 2.00 bits per heavy atom. The number of nitrogens with one attached hydrogen (secondary N) is 2. The number of aromatic nitrogens is 1. The normalized spacial score (nSPS) is 23.1. The third kappa shape index (κ3) is 1.93. The molecular formula is C16H16Br2N2O2. The summed E-state index contributed by atoms with van der Waals surface area (Å²) in [5, 5.41) is 14.4. The first-order valence-electron chi connectivity index (χ1n) is 7.49. The van der Waals surface area contributed by atoms with Gasteiger partial charge in [-0.1, -0.05) is 6.42 Å². The van der Waals surface area contributed by atoms with Crippen molar-refractivity contribution in [3.8, 4) is 0 Å². The molecule has 3 N–H and O–H groups in total. The van der Waals surface area contributed by atoms with Crippen LogP contribution in [0.2, 0.25) is 0 Å². The van der Waals surface area contributed by atoms with Gasteiger partial charge in [0.1, 0.15) is 0 Å². The van der Waals surface area contributed by atoms with E-state index >= 15 is 0 Å². The molecule has 0 bridgehead atoms. The lowest BCUT2D eigenvalue weighted by Gasteiger charge is -2.45. The maximum absolute atomic E-state index is 11.9. The molecule has 0 saturated heterocycles. The number of benzene rings is 1. The van der Waals surface area contributed by atoms with E-state index in [1.54, 1.807) is 0 Å². The van der Waals surface area contributed by atoms with Crippen molar-refractivity contribution in [3.05, 3.63) is 32.3 Å². The van der Waals surface area contributed by atoms with Crippen molar-refractivity contribution < 1.29 is 9.90 Å². The molecule has 0 spiro atoms. The van der Waals surface area contributed by atoms with Crippen molar-refractivity contribution in [1.82, 2.24) is 10.3 Å². The molecule has 0 radical (unpaired) electrons. The Morgan fingerprint density at radius 1 is 1.27 bits per heavy atom. The van der Waals surface area contributed by atoms with Crippen LogP contribution in [-0.2, 0) is 11.2 Å². The minimum absolute atomic E-state index is 0.118. The van der Waals surface area contributed by atoms with E-state index in [0.717, 1.165) is 52.4 Å². The summed E-state index contributed by atoms with van der Waals surface area (Å²) in [4.78, 5) is 15.4. The second-order valence-electron chi connectivity index (χ2n) is 6.28. The molecule has 1 saturated carbocycles. The number of aromatic amines is 1. The van der Waals surface area contributed by atoms with Gasteiger partial charge in [-0.05, 0) is 75.4 Å². The van der Waals surface area contributed by atoms with E-state index in [2.05, 4.69) is 54.3 Å². The Kier molecular flexibility index (Phi) is 3.40. The number of hydrogen-bond donors (Lipinski definition) is 3. The first-order chi connectivity index (χ1) is 10.5. The zero-order chi connectivity index (χ0) is 15.5. The van der Waals surface area contributed by atoms with Crippen LogP contribution in [0.4, 0.5) is 0 Å². The van der Waals surface area contributed by atoms with Crippen LogP contribution in [0.25, 0.3) is 10.9 Å². The summed E-state index contributed by atoms with van der Waals surface area (Å²) in [7, 11) is 0. The number of halogens is 2. The molecule has 116 valence electrons. The van der Waals surface area contributed by atoms with Gasteiger partial charge in [0.05, 0.1) is 11.5 Å². The molecule has 2 heterocycles. The molecule has 6 heteroatoms. The molecule has 1 fully saturated rings. The number of carboxylic acid groups (broad SMARTS) is 1. The summed E-state index contributed by atoms with van der Waals surface area (Å²) >= 11 is 7.10. The van der Waals surface area contributed by atoms with Crippen LogP contribution in [-0.4, -0.2) is 22.6 Å². The smallest absolute Gasteiger partial charge is 0.311 e. The summed E-state index contributed by atoms with van der Waals surface area (Å²) in [6.07, 6.45) is 3.43. The van der Waals surface area contributed by atoms with E-state index in [9.17, 15) is 9.90 Å². The molecule has 1 unspecified atom stereocenters. The van der Waals surface area contributed by atoms with Gasteiger partial charge < -0.3 is 15.4 Å². The lowest BCUT2D eigenvalue weighted by molar-refractivity contribution is -0.158. The molecule has 2 aromatic rings. The van der Waals surface area contributed by atoms with E-state index in [4.69, 9.17) is 0 Å². The molecule has 1 atom stereocenters. The van der Waals surface area contributed by atoms with Gasteiger partial charge >= 0.3 is 5.97 Å². The zero-order valence-corrected chi connectivity index (χ0v) is 15.1. The van der Waals surface area contributed by atoms with Crippen LogP contribution < -0.4 is 5.32 Å². The average molecular weight is 428 g/mol. The maximum atomic E-state index is 11.9. The van der Waals surface area contributed by atoms with Crippen molar-refractivity contribution in [1.29, 1.82) is 0 Å². The first kappa shape index (κ1) is 14.7. The number of carbonyl (C=O) groups is 1. The summed E-state index contributed by atoms with van der Waals surface area (Å²) in [5.74, 6) is -0.676. The molecule has 1 aromatic heterocycles. The quantitative estimate of drug-likeness (QED) is 0.674. The summed E-state index contributed by atoms with van der Waals surface area (Å²) in [5.41, 5.74) is 2.74. The number of fused-ring (bicyclic) bond motifs is 3. The van der Waals surface area contributed by atoms with Crippen LogP contribution in [0.5, 0.6) is 0 Å². The van der Waals surface area contributed by atoms with Gasteiger partial charge in [-0.2, -0.15) is 0 Å². The Balaban J connectivity index is 1.90. The van der Waals surface area contributed by atoms with Crippen molar-refractivity contribution in [2.24, 2.45) is 5.41 Å². The summed E-state index contributed by atoms with van der Waals surface area (Å²) in [6, 6.07) is 4.06. The van der Waals surface area contributed by atoms with Gasteiger partial charge in [-0.25, -0.2) is 0 Å². The average Bonchev–Trinajstić information content (AvgIpc) is 2.76. The maximum Gasteiger partial charge on any atom is 0.311 e. The Hall–Kier alpha value is -0.850. The van der Waals surface area contributed by atoms with Crippen LogP contribution in [0.15, 0.2) is 21.1 Å². The fourth-order valence-electron chi connectivity index (χ4n) is 3.88. The zero-order valence-electron chi connectivity index (χ0n) is 11.9. The predicted octanol–water partition coefficient (Wildman–Crippen LogP) is 4.13. The van der Waals surface area contributed by atoms with Gasteiger partial charge in [0, 0.05) is 25.5 Å². The third-order valence-corrected chi connectivity index (χ3v) is 7.06. The van der Waals surface area contributed by atoms with Crippen LogP contribution in [0.3, 0.4) is 0 Å². The predicted molar refractivity (Wildman–Crippen MR) is 92.1 cm³/mol. The second kappa shape index (κ2) is 5.08. The standard InChI is InChI=1S/C16H16Br2N2O2/c17-10-6-9-8-2-5-19-14(16(15(21)22)3-1-4-16)13(8)20-12(9)7-11(10)18/h6-7,14,19-20H,1-5H2,(H,21,22). The minimum atomic E-state index is -0.676. The molecule has 4 rings (SSSR count). The van der Waals surface area contributed by atoms with E-state index in [0.29, 0.717) is 0 Å². The number of aliphatic carboxylic acids is 1.